The largest absolute Gasteiger partial charge is 0.325 e. The zero-order valence-corrected chi connectivity index (χ0v) is 21.1. The quantitative estimate of drug-likeness (QED) is 0.392. The number of hydrogen-bond acceptors (Lipinski definition) is 4. The van der Waals surface area contributed by atoms with Gasteiger partial charge in [-0.05, 0) is 110 Å². The minimum absolute atomic E-state index is 0.770. The Hall–Kier alpha value is -1.46. The average Bonchev–Trinajstić information content (AvgIpc) is 3.15. The summed E-state index contributed by atoms with van der Waals surface area (Å²) in [6, 6.07) is 10.6. The molecule has 2 nitrogen and oxygen atoms in total. The summed E-state index contributed by atoms with van der Waals surface area (Å²) in [7, 11) is 2.14. The smallest absolute Gasteiger partial charge is 0.0479 e. The maximum atomic E-state index is 6.29. The molecular formula is C25H33ClN2S2. The van der Waals surface area contributed by atoms with Gasteiger partial charge >= 0.3 is 0 Å². The van der Waals surface area contributed by atoms with Gasteiger partial charge in [-0.15, -0.1) is 11.3 Å². The van der Waals surface area contributed by atoms with Gasteiger partial charge in [-0.2, -0.15) is 0 Å². The topological polar surface area (TPSA) is 15.3 Å². The summed E-state index contributed by atoms with van der Waals surface area (Å²) in [6.45, 7) is 14.9. The van der Waals surface area contributed by atoms with Crippen molar-refractivity contribution < 1.29 is 0 Å². The van der Waals surface area contributed by atoms with Crippen LogP contribution in [-0.4, -0.2) is 25.0 Å². The Labute approximate surface area is 195 Å². The van der Waals surface area contributed by atoms with Crippen molar-refractivity contribution in [3.63, 3.8) is 0 Å². The normalized spacial score (nSPS) is 12.9. The third-order valence-electron chi connectivity index (χ3n) is 4.70. The van der Waals surface area contributed by atoms with Crippen LogP contribution in [0.5, 0.6) is 0 Å². The Morgan fingerprint density at radius 3 is 2.43 bits per heavy atom. The SMILES string of the molecule is C=Cc1cc(Cl)c(C)c(SNc2cc3ccsc3cc2C)c1.CCC.CN1CCC1. The van der Waals surface area contributed by atoms with Crippen molar-refractivity contribution in [3.05, 3.63) is 64.0 Å². The maximum Gasteiger partial charge on any atom is 0.0479 e. The molecule has 30 heavy (non-hydrogen) atoms. The first kappa shape index (κ1) is 24.8. The van der Waals surface area contributed by atoms with Crippen LogP contribution in [0.2, 0.25) is 5.02 Å². The van der Waals surface area contributed by atoms with Gasteiger partial charge in [0, 0.05) is 20.3 Å². The number of anilines is 1. The van der Waals surface area contributed by atoms with Crippen molar-refractivity contribution >= 4 is 56.7 Å². The summed E-state index contributed by atoms with van der Waals surface area (Å²) in [5, 5.41) is 4.17. The fraction of sp³-hybridized carbons (Fsp3) is 0.360. The zero-order chi connectivity index (χ0) is 22.1. The molecule has 162 valence electrons. The number of nitrogens with zero attached hydrogens (tertiary/aromatic N) is 1. The summed E-state index contributed by atoms with van der Waals surface area (Å²) < 4.78 is 4.78. The van der Waals surface area contributed by atoms with Crippen LogP contribution < -0.4 is 4.72 Å². The molecule has 2 heterocycles. The van der Waals surface area contributed by atoms with E-state index >= 15 is 0 Å². The lowest BCUT2D eigenvalue weighted by Crippen LogP contribution is -2.32. The van der Waals surface area contributed by atoms with E-state index in [9.17, 15) is 0 Å². The number of fused-ring (bicyclic) bond motifs is 1. The van der Waals surface area contributed by atoms with Crippen molar-refractivity contribution in [2.24, 2.45) is 0 Å². The number of likely N-dealkylation sites (tertiary alicyclic amines) is 1. The van der Waals surface area contributed by atoms with E-state index in [1.54, 1.807) is 23.3 Å². The second-order valence-corrected chi connectivity index (χ2v) is 9.73. The van der Waals surface area contributed by atoms with E-state index in [2.05, 4.69) is 73.7 Å². The number of thiophene rings is 1. The van der Waals surface area contributed by atoms with Gasteiger partial charge in [0.1, 0.15) is 0 Å². The molecule has 0 saturated carbocycles. The summed E-state index contributed by atoms with van der Waals surface area (Å²) >= 11 is 9.65. The Morgan fingerprint density at radius 2 is 1.87 bits per heavy atom. The lowest BCUT2D eigenvalue weighted by atomic mass is 10.1. The first-order chi connectivity index (χ1) is 14.4. The van der Waals surface area contributed by atoms with Gasteiger partial charge in [0.2, 0.25) is 0 Å². The van der Waals surface area contributed by atoms with Crippen molar-refractivity contribution in [2.75, 3.05) is 24.9 Å². The average molecular weight is 461 g/mol. The predicted octanol–water partition coefficient (Wildman–Crippen LogP) is 8.67. The minimum atomic E-state index is 0.770. The Balaban J connectivity index is 0.000000338. The molecule has 2 aromatic carbocycles. The summed E-state index contributed by atoms with van der Waals surface area (Å²) in [6.07, 6.45) is 4.48. The molecule has 0 atom stereocenters. The predicted molar refractivity (Wildman–Crippen MR) is 140 cm³/mol. The molecule has 0 bridgehead atoms. The third kappa shape index (κ3) is 7.05. The minimum Gasteiger partial charge on any atom is -0.325 e. The van der Waals surface area contributed by atoms with Crippen LogP contribution in [0.3, 0.4) is 0 Å². The molecule has 5 heteroatoms. The number of halogens is 1. The van der Waals surface area contributed by atoms with Crippen LogP contribution in [0.4, 0.5) is 5.69 Å². The van der Waals surface area contributed by atoms with Crippen LogP contribution in [0, 0.1) is 13.8 Å². The highest BCUT2D eigenvalue weighted by atomic mass is 35.5. The van der Waals surface area contributed by atoms with E-state index in [0.29, 0.717) is 0 Å². The molecule has 1 N–H and O–H groups in total. The molecule has 1 aliphatic rings. The van der Waals surface area contributed by atoms with E-state index in [1.165, 1.54) is 41.6 Å². The Kier molecular flexibility index (Phi) is 10.3. The number of aryl methyl sites for hydroxylation is 1. The maximum absolute atomic E-state index is 6.29. The molecule has 0 unspecified atom stereocenters. The van der Waals surface area contributed by atoms with Gasteiger partial charge in [-0.25, -0.2) is 0 Å². The zero-order valence-electron chi connectivity index (χ0n) is 18.7. The number of rotatable bonds is 4. The van der Waals surface area contributed by atoms with Gasteiger partial charge in [0.05, 0.1) is 0 Å². The van der Waals surface area contributed by atoms with Crippen LogP contribution in [0.15, 0.2) is 47.2 Å². The second kappa shape index (κ2) is 12.4. The lowest BCUT2D eigenvalue weighted by Gasteiger charge is -2.24. The van der Waals surface area contributed by atoms with Crippen molar-refractivity contribution in [1.82, 2.24) is 4.90 Å². The molecule has 1 saturated heterocycles. The van der Waals surface area contributed by atoms with Gasteiger partial charge < -0.3 is 9.62 Å². The number of hydrogen-bond donors (Lipinski definition) is 1. The fourth-order valence-corrected chi connectivity index (χ4v) is 4.75. The molecule has 1 aromatic heterocycles. The highest BCUT2D eigenvalue weighted by Crippen LogP contribution is 2.33. The van der Waals surface area contributed by atoms with Gasteiger partial charge in [-0.3, -0.25) is 0 Å². The molecule has 1 aliphatic heterocycles. The number of benzene rings is 2. The lowest BCUT2D eigenvalue weighted by molar-refractivity contribution is 0.229. The molecule has 3 aromatic rings. The Bertz CT molecular complexity index is 961. The summed E-state index contributed by atoms with van der Waals surface area (Å²) in [5.41, 5.74) is 4.49. The van der Waals surface area contributed by atoms with Crippen LogP contribution >= 0.6 is 34.9 Å². The van der Waals surface area contributed by atoms with E-state index in [1.807, 2.05) is 19.1 Å². The van der Waals surface area contributed by atoms with Gasteiger partial charge in [-0.1, -0.05) is 44.5 Å². The van der Waals surface area contributed by atoms with Crippen molar-refractivity contribution in [3.8, 4) is 0 Å². The molecule has 1 fully saturated rings. The molecular weight excluding hydrogens is 428 g/mol. The standard InChI is InChI=1S/C18H16ClNS2.C4H9N.C3H8/c1-4-13-8-15(19)12(3)17(9-13)22-20-16-10-14-5-6-21-18(14)7-11(16)2;1-5-3-2-4-5;1-3-2/h4-10,20H,1H2,2-3H3;2-4H2,1H3;3H2,1-2H3. The third-order valence-corrected chi connectivity index (χ3v) is 6.94. The molecule has 4 rings (SSSR count). The first-order valence-corrected chi connectivity index (χ1v) is 12.5. The Morgan fingerprint density at radius 1 is 1.20 bits per heavy atom. The van der Waals surface area contributed by atoms with Crippen LogP contribution in [0.1, 0.15) is 43.4 Å². The van der Waals surface area contributed by atoms with Crippen molar-refractivity contribution in [1.29, 1.82) is 0 Å². The summed E-state index contributed by atoms with van der Waals surface area (Å²) in [5.74, 6) is 0. The first-order valence-electron chi connectivity index (χ1n) is 10.4. The van der Waals surface area contributed by atoms with Crippen LogP contribution in [-0.2, 0) is 0 Å². The van der Waals surface area contributed by atoms with E-state index in [-0.39, 0.29) is 0 Å². The molecule has 0 amide bonds. The molecule has 0 radical (unpaired) electrons. The van der Waals surface area contributed by atoms with E-state index in [0.717, 1.165) is 26.7 Å². The van der Waals surface area contributed by atoms with E-state index in [4.69, 9.17) is 11.6 Å². The second-order valence-electron chi connectivity index (χ2n) is 7.52. The van der Waals surface area contributed by atoms with Gasteiger partial charge in [0.15, 0.2) is 0 Å². The number of nitrogens with one attached hydrogen (secondary N) is 1. The molecule has 0 aliphatic carbocycles. The van der Waals surface area contributed by atoms with Gasteiger partial charge in [0.25, 0.3) is 0 Å². The summed E-state index contributed by atoms with van der Waals surface area (Å²) in [4.78, 5) is 3.42. The fourth-order valence-electron chi connectivity index (χ4n) is 2.70. The highest BCUT2D eigenvalue weighted by molar-refractivity contribution is 8.00. The van der Waals surface area contributed by atoms with Crippen LogP contribution in [0.25, 0.3) is 16.2 Å². The van der Waals surface area contributed by atoms with E-state index < -0.39 is 0 Å². The highest BCUT2D eigenvalue weighted by Gasteiger charge is 2.08. The monoisotopic (exact) mass is 460 g/mol. The van der Waals surface area contributed by atoms with Crippen molar-refractivity contribution in [2.45, 2.75) is 45.4 Å². The molecule has 0 spiro atoms.